The van der Waals surface area contributed by atoms with Crippen molar-refractivity contribution in [2.75, 3.05) is 0 Å². The van der Waals surface area contributed by atoms with Gasteiger partial charge in [-0.25, -0.2) is 0 Å². The molecule has 1 aromatic heterocycles. The van der Waals surface area contributed by atoms with Gasteiger partial charge in [0.15, 0.2) is 0 Å². The Morgan fingerprint density at radius 2 is 2.00 bits per heavy atom. The number of hydrogen-bond donors (Lipinski definition) is 0. The van der Waals surface area contributed by atoms with Crippen LogP contribution in [-0.2, 0) is 6.61 Å². The molecule has 0 aliphatic carbocycles. The number of rotatable bonds is 3. The van der Waals surface area contributed by atoms with Gasteiger partial charge in [0.05, 0.1) is 0 Å². The number of fused-ring (bicyclic) bond motifs is 1. The summed E-state index contributed by atoms with van der Waals surface area (Å²) in [6, 6.07) is 14.1. The minimum absolute atomic E-state index is 0.575. The van der Waals surface area contributed by atoms with Crippen molar-refractivity contribution in [2.45, 2.75) is 13.5 Å². The van der Waals surface area contributed by atoms with Gasteiger partial charge in [-0.05, 0) is 41.5 Å². The molecule has 3 rings (SSSR count). The van der Waals surface area contributed by atoms with Crippen LogP contribution in [0.4, 0.5) is 0 Å². The summed E-state index contributed by atoms with van der Waals surface area (Å²) in [4.78, 5) is 0. The Morgan fingerprint density at radius 3 is 2.89 bits per heavy atom. The Hall–Kier alpha value is -1.51. The Kier molecular flexibility index (Phi) is 3.45. The molecular formula is C16H13ClOS. The molecule has 1 heterocycles. The first-order valence-corrected chi connectivity index (χ1v) is 7.34. The van der Waals surface area contributed by atoms with Crippen molar-refractivity contribution in [3.8, 4) is 5.75 Å². The molecule has 0 radical (unpaired) electrons. The van der Waals surface area contributed by atoms with Gasteiger partial charge in [-0.2, -0.15) is 0 Å². The summed E-state index contributed by atoms with van der Waals surface area (Å²) in [7, 11) is 0. The standard InChI is InChI=1S/C16H13ClOS/c1-11-6-7-13(17)8-15(11)18-9-12-10-19-16-5-3-2-4-14(12)16/h2-8,10H,9H2,1H3. The topological polar surface area (TPSA) is 9.23 Å². The maximum absolute atomic E-state index is 5.99. The van der Waals surface area contributed by atoms with Gasteiger partial charge in [-0.1, -0.05) is 35.9 Å². The third-order valence-corrected chi connectivity index (χ3v) is 4.34. The van der Waals surface area contributed by atoms with Crippen LogP contribution in [0.3, 0.4) is 0 Å². The smallest absolute Gasteiger partial charge is 0.124 e. The molecular weight excluding hydrogens is 276 g/mol. The third kappa shape index (κ3) is 2.60. The molecule has 3 aromatic rings. The minimum Gasteiger partial charge on any atom is -0.489 e. The van der Waals surface area contributed by atoms with Crippen LogP contribution in [-0.4, -0.2) is 0 Å². The fraction of sp³-hybridized carbons (Fsp3) is 0.125. The first kappa shape index (κ1) is 12.5. The van der Waals surface area contributed by atoms with E-state index >= 15 is 0 Å². The number of ether oxygens (including phenoxy) is 1. The maximum Gasteiger partial charge on any atom is 0.124 e. The summed E-state index contributed by atoms with van der Waals surface area (Å²) in [6.07, 6.45) is 0. The molecule has 19 heavy (non-hydrogen) atoms. The highest BCUT2D eigenvalue weighted by atomic mass is 35.5. The van der Waals surface area contributed by atoms with Gasteiger partial charge < -0.3 is 4.74 Å². The highest BCUT2D eigenvalue weighted by Crippen LogP contribution is 2.28. The lowest BCUT2D eigenvalue weighted by atomic mass is 10.2. The summed E-state index contributed by atoms with van der Waals surface area (Å²) >= 11 is 7.74. The van der Waals surface area contributed by atoms with Crippen LogP contribution >= 0.6 is 22.9 Å². The fourth-order valence-corrected chi connectivity index (χ4v) is 3.14. The van der Waals surface area contributed by atoms with Crippen molar-refractivity contribution in [3.05, 3.63) is 64.0 Å². The molecule has 0 fully saturated rings. The molecule has 0 N–H and O–H groups in total. The largest absolute Gasteiger partial charge is 0.489 e. The van der Waals surface area contributed by atoms with Crippen LogP contribution in [0.5, 0.6) is 5.75 Å². The Bertz CT molecular complexity index is 718. The lowest BCUT2D eigenvalue weighted by Crippen LogP contribution is -1.96. The number of aryl methyl sites for hydroxylation is 1. The first-order chi connectivity index (χ1) is 9.24. The highest BCUT2D eigenvalue weighted by molar-refractivity contribution is 7.17. The molecule has 0 spiro atoms. The summed E-state index contributed by atoms with van der Waals surface area (Å²) in [5, 5.41) is 4.13. The zero-order valence-electron chi connectivity index (χ0n) is 10.5. The van der Waals surface area contributed by atoms with E-state index in [-0.39, 0.29) is 0 Å². The van der Waals surface area contributed by atoms with Gasteiger partial charge in [0.25, 0.3) is 0 Å². The van der Waals surface area contributed by atoms with Crippen molar-refractivity contribution in [2.24, 2.45) is 0 Å². The summed E-state index contributed by atoms with van der Waals surface area (Å²) < 4.78 is 7.19. The van der Waals surface area contributed by atoms with E-state index in [0.717, 1.165) is 11.3 Å². The van der Waals surface area contributed by atoms with E-state index in [4.69, 9.17) is 16.3 Å². The van der Waals surface area contributed by atoms with E-state index < -0.39 is 0 Å². The van der Waals surface area contributed by atoms with E-state index in [0.29, 0.717) is 11.6 Å². The summed E-state index contributed by atoms with van der Waals surface area (Å²) in [6.45, 7) is 2.60. The SMILES string of the molecule is Cc1ccc(Cl)cc1OCc1csc2ccccc12. The van der Waals surface area contributed by atoms with Crippen molar-refractivity contribution < 1.29 is 4.74 Å². The van der Waals surface area contributed by atoms with Gasteiger partial charge in [0.2, 0.25) is 0 Å². The van der Waals surface area contributed by atoms with Gasteiger partial charge in [0.1, 0.15) is 12.4 Å². The van der Waals surface area contributed by atoms with Gasteiger partial charge in [-0.3, -0.25) is 0 Å². The number of halogens is 1. The van der Waals surface area contributed by atoms with Crippen LogP contribution in [0.2, 0.25) is 5.02 Å². The highest BCUT2D eigenvalue weighted by Gasteiger charge is 2.06. The zero-order chi connectivity index (χ0) is 13.2. The lowest BCUT2D eigenvalue weighted by Gasteiger charge is -2.09. The van der Waals surface area contributed by atoms with Gasteiger partial charge in [0, 0.05) is 15.3 Å². The van der Waals surface area contributed by atoms with Crippen LogP contribution in [0.15, 0.2) is 47.8 Å². The van der Waals surface area contributed by atoms with Crippen LogP contribution < -0.4 is 4.74 Å². The maximum atomic E-state index is 5.99. The van der Waals surface area contributed by atoms with E-state index in [1.807, 2.05) is 25.1 Å². The summed E-state index contributed by atoms with van der Waals surface area (Å²) in [5.74, 6) is 0.850. The fourth-order valence-electron chi connectivity index (χ4n) is 2.03. The van der Waals surface area contributed by atoms with Crippen molar-refractivity contribution in [3.63, 3.8) is 0 Å². The average Bonchev–Trinajstić information content (AvgIpc) is 2.83. The zero-order valence-corrected chi connectivity index (χ0v) is 12.1. The second-order valence-corrected chi connectivity index (χ2v) is 5.80. The van der Waals surface area contributed by atoms with E-state index in [1.54, 1.807) is 11.3 Å². The van der Waals surface area contributed by atoms with Crippen molar-refractivity contribution in [1.29, 1.82) is 0 Å². The van der Waals surface area contributed by atoms with Crippen molar-refractivity contribution in [1.82, 2.24) is 0 Å². The molecule has 0 bridgehead atoms. The molecule has 0 saturated heterocycles. The normalized spacial score (nSPS) is 10.8. The monoisotopic (exact) mass is 288 g/mol. The predicted molar refractivity (Wildman–Crippen MR) is 82.3 cm³/mol. The molecule has 0 aliphatic heterocycles. The Labute approximate surface area is 121 Å². The molecule has 1 nitrogen and oxygen atoms in total. The quantitative estimate of drug-likeness (QED) is 0.623. The number of benzene rings is 2. The molecule has 0 saturated carbocycles. The number of thiophene rings is 1. The predicted octanol–water partition coefficient (Wildman–Crippen LogP) is 5.44. The molecule has 2 aromatic carbocycles. The minimum atomic E-state index is 0.575. The van der Waals surface area contributed by atoms with Gasteiger partial charge in [-0.15, -0.1) is 11.3 Å². The Morgan fingerprint density at radius 1 is 1.16 bits per heavy atom. The Balaban J connectivity index is 1.84. The molecule has 96 valence electrons. The molecule has 0 unspecified atom stereocenters. The third-order valence-electron chi connectivity index (χ3n) is 3.09. The van der Waals surface area contributed by atoms with Crippen LogP contribution in [0.25, 0.3) is 10.1 Å². The van der Waals surface area contributed by atoms with E-state index in [2.05, 4.69) is 29.6 Å². The van der Waals surface area contributed by atoms with E-state index in [9.17, 15) is 0 Å². The number of hydrogen-bond acceptors (Lipinski definition) is 2. The first-order valence-electron chi connectivity index (χ1n) is 6.08. The lowest BCUT2D eigenvalue weighted by molar-refractivity contribution is 0.306. The molecule has 0 amide bonds. The second kappa shape index (κ2) is 5.24. The van der Waals surface area contributed by atoms with Crippen LogP contribution in [0, 0.1) is 6.92 Å². The second-order valence-electron chi connectivity index (χ2n) is 4.46. The van der Waals surface area contributed by atoms with Crippen molar-refractivity contribution >= 4 is 33.0 Å². The molecule has 0 atom stereocenters. The average molecular weight is 289 g/mol. The van der Waals surface area contributed by atoms with E-state index in [1.165, 1.54) is 15.6 Å². The summed E-state index contributed by atoms with van der Waals surface area (Å²) in [5.41, 5.74) is 2.32. The molecule has 0 aliphatic rings. The molecule has 3 heteroatoms. The van der Waals surface area contributed by atoms with Crippen LogP contribution in [0.1, 0.15) is 11.1 Å². The van der Waals surface area contributed by atoms with Gasteiger partial charge >= 0.3 is 0 Å².